The number of rotatable bonds is 6. The number of sulfonamides is 1. The molecule has 1 N–H and O–H groups in total. The van der Waals surface area contributed by atoms with Gasteiger partial charge in [0.25, 0.3) is 5.82 Å². The highest BCUT2D eigenvalue weighted by Gasteiger charge is 2.30. The van der Waals surface area contributed by atoms with Gasteiger partial charge in [0.2, 0.25) is 10.0 Å². The minimum absolute atomic E-state index is 0.0108. The lowest BCUT2D eigenvalue weighted by Gasteiger charge is -2.27. The molecule has 1 aromatic heterocycles. The van der Waals surface area contributed by atoms with Gasteiger partial charge in [-0.25, -0.2) is 27.6 Å². The van der Waals surface area contributed by atoms with E-state index in [9.17, 15) is 13.2 Å². The Bertz CT molecular complexity index is 1130. The molecule has 0 radical (unpaired) electrons. The van der Waals surface area contributed by atoms with Crippen LogP contribution < -0.4 is 4.72 Å². The van der Waals surface area contributed by atoms with Gasteiger partial charge in [-0.2, -0.15) is 0 Å². The molecule has 0 unspecified atom stereocenters. The molecule has 0 saturated heterocycles. The van der Waals surface area contributed by atoms with Crippen LogP contribution in [-0.4, -0.2) is 41.8 Å². The quantitative estimate of drug-likeness (QED) is 0.596. The molecule has 0 bridgehead atoms. The molecular formula is C25H38N4O4S. The summed E-state index contributed by atoms with van der Waals surface area (Å²) in [5, 5.41) is 4.46. The molecule has 1 aliphatic carbocycles. The van der Waals surface area contributed by atoms with E-state index in [2.05, 4.69) is 14.8 Å². The smallest absolute Gasteiger partial charge is 0.377 e. The molecule has 1 aliphatic rings. The molecule has 1 heterocycles. The number of nitrogens with one attached hydrogen (secondary N) is 1. The summed E-state index contributed by atoms with van der Waals surface area (Å²) in [5.41, 5.74) is 0.280. The first-order chi connectivity index (χ1) is 15.7. The van der Waals surface area contributed by atoms with E-state index >= 15 is 0 Å². The monoisotopic (exact) mass is 490 g/mol. The van der Waals surface area contributed by atoms with Crippen molar-refractivity contribution >= 4 is 16.0 Å². The number of carbonyl (C=O) groups excluding carboxylic acids is 1. The SMILES string of the molecule is COC(=O)c1nc(CC2CCCCC2)n(-c2ccc(S(=O)(=O)NC(C)(C)C)c(C(C)(C)C)c2)n1. The predicted molar refractivity (Wildman–Crippen MR) is 132 cm³/mol. The summed E-state index contributed by atoms with van der Waals surface area (Å²) in [4.78, 5) is 16.9. The van der Waals surface area contributed by atoms with Crippen molar-refractivity contribution in [3.05, 3.63) is 35.4 Å². The molecule has 0 spiro atoms. The van der Waals surface area contributed by atoms with Gasteiger partial charge < -0.3 is 4.74 Å². The summed E-state index contributed by atoms with van der Waals surface area (Å²) in [5.74, 6) is 0.598. The first-order valence-corrected chi connectivity index (χ1v) is 13.4. The van der Waals surface area contributed by atoms with Crippen LogP contribution in [0.3, 0.4) is 0 Å². The van der Waals surface area contributed by atoms with Gasteiger partial charge in [0.05, 0.1) is 17.7 Å². The van der Waals surface area contributed by atoms with Crippen LogP contribution in [0.5, 0.6) is 0 Å². The molecule has 3 rings (SSSR count). The zero-order valence-electron chi connectivity index (χ0n) is 21.4. The van der Waals surface area contributed by atoms with Crippen molar-refractivity contribution in [2.45, 2.75) is 95.9 Å². The number of ether oxygens (including phenoxy) is 1. The van der Waals surface area contributed by atoms with Crippen molar-refractivity contribution in [1.82, 2.24) is 19.5 Å². The van der Waals surface area contributed by atoms with Crippen molar-refractivity contribution in [1.29, 1.82) is 0 Å². The van der Waals surface area contributed by atoms with E-state index in [1.54, 1.807) is 16.8 Å². The number of aromatic nitrogens is 3. The van der Waals surface area contributed by atoms with Crippen LogP contribution in [0.25, 0.3) is 5.69 Å². The van der Waals surface area contributed by atoms with Crippen molar-refractivity contribution in [3.8, 4) is 5.69 Å². The maximum absolute atomic E-state index is 13.2. The molecule has 2 aromatic rings. The highest BCUT2D eigenvalue weighted by Crippen LogP contribution is 2.32. The first kappa shape index (κ1) is 26.3. The van der Waals surface area contributed by atoms with Gasteiger partial charge in [-0.15, -0.1) is 5.10 Å². The summed E-state index contributed by atoms with van der Waals surface area (Å²) in [6, 6.07) is 5.19. The summed E-state index contributed by atoms with van der Waals surface area (Å²) in [6.07, 6.45) is 6.62. The van der Waals surface area contributed by atoms with E-state index in [1.165, 1.54) is 26.4 Å². The van der Waals surface area contributed by atoms with Crippen LogP contribution in [0.1, 0.15) is 95.7 Å². The molecule has 0 aliphatic heterocycles. The van der Waals surface area contributed by atoms with E-state index in [0.717, 1.165) is 12.8 Å². The summed E-state index contributed by atoms with van der Waals surface area (Å²) < 4.78 is 35.7. The largest absolute Gasteiger partial charge is 0.463 e. The lowest BCUT2D eigenvalue weighted by molar-refractivity contribution is 0.0586. The number of methoxy groups -OCH3 is 1. The predicted octanol–water partition coefficient (Wildman–Crippen LogP) is 4.55. The molecule has 1 fully saturated rings. The van der Waals surface area contributed by atoms with Crippen molar-refractivity contribution in [3.63, 3.8) is 0 Å². The fourth-order valence-corrected chi connectivity index (χ4v) is 6.26. The van der Waals surface area contributed by atoms with Crippen molar-refractivity contribution < 1.29 is 17.9 Å². The number of hydrogen-bond acceptors (Lipinski definition) is 6. The Morgan fingerprint density at radius 2 is 1.76 bits per heavy atom. The van der Waals surface area contributed by atoms with E-state index in [0.29, 0.717) is 29.4 Å². The van der Waals surface area contributed by atoms with E-state index in [-0.39, 0.29) is 10.7 Å². The Labute approximate surface area is 203 Å². The topological polar surface area (TPSA) is 103 Å². The highest BCUT2D eigenvalue weighted by molar-refractivity contribution is 7.89. The minimum atomic E-state index is -3.75. The number of nitrogens with zero attached hydrogens (tertiary/aromatic N) is 3. The fourth-order valence-electron chi connectivity index (χ4n) is 4.44. The highest BCUT2D eigenvalue weighted by atomic mass is 32.2. The molecule has 0 atom stereocenters. The standard InChI is InChI=1S/C25H38N4O4S/c1-24(2,3)19-16-18(13-14-20(19)34(31,32)28-25(4,5)6)29-21(15-17-11-9-8-10-12-17)26-22(27-29)23(30)33-7/h13-14,16-17,28H,8-12,15H2,1-7H3. The second kappa shape index (κ2) is 9.77. The minimum Gasteiger partial charge on any atom is -0.463 e. The fraction of sp³-hybridized carbons (Fsp3) is 0.640. The van der Waals surface area contributed by atoms with Crippen LogP contribution in [0.2, 0.25) is 0 Å². The zero-order chi connectivity index (χ0) is 25.3. The number of benzene rings is 1. The van der Waals surface area contributed by atoms with Gasteiger partial charge in [0.1, 0.15) is 5.82 Å². The van der Waals surface area contributed by atoms with E-state index < -0.39 is 26.9 Å². The number of esters is 1. The number of carbonyl (C=O) groups is 1. The van der Waals surface area contributed by atoms with E-state index in [1.807, 2.05) is 47.6 Å². The van der Waals surface area contributed by atoms with Crippen molar-refractivity contribution in [2.24, 2.45) is 5.92 Å². The second-order valence-corrected chi connectivity index (χ2v) is 12.9. The van der Waals surface area contributed by atoms with Gasteiger partial charge in [0, 0.05) is 12.0 Å². The van der Waals surface area contributed by atoms with Crippen molar-refractivity contribution in [2.75, 3.05) is 7.11 Å². The third-order valence-corrected chi connectivity index (χ3v) is 7.80. The lowest BCUT2D eigenvalue weighted by atomic mass is 9.86. The Kier molecular flexibility index (Phi) is 7.57. The van der Waals surface area contributed by atoms with Gasteiger partial charge in [-0.3, -0.25) is 0 Å². The molecule has 188 valence electrons. The zero-order valence-corrected chi connectivity index (χ0v) is 22.3. The average molecular weight is 491 g/mol. The van der Waals surface area contributed by atoms with Gasteiger partial charge in [0.15, 0.2) is 0 Å². The third kappa shape index (κ3) is 6.24. The summed E-state index contributed by atoms with van der Waals surface area (Å²) in [6.45, 7) is 11.4. The van der Waals surface area contributed by atoms with Crippen LogP contribution in [0, 0.1) is 5.92 Å². The maximum atomic E-state index is 13.2. The summed E-state index contributed by atoms with van der Waals surface area (Å²) in [7, 11) is -2.44. The Balaban J connectivity index is 2.11. The molecule has 9 heteroatoms. The number of hydrogen-bond donors (Lipinski definition) is 1. The molecule has 1 aromatic carbocycles. The Hall–Kier alpha value is -2.26. The van der Waals surface area contributed by atoms with Crippen LogP contribution in [0.15, 0.2) is 23.1 Å². The normalized spacial score (nSPS) is 16.0. The average Bonchev–Trinajstić information content (AvgIpc) is 3.15. The molecule has 1 saturated carbocycles. The van der Waals surface area contributed by atoms with Crippen LogP contribution in [0.4, 0.5) is 0 Å². The Morgan fingerprint density at radius 1 is 1.12 bits per heavy atom. The molecule has 8 nitrogen and oxygen atoms in total. The maximum Gasteiger partial charge on any atom is 0.377 e. The third-order valence-electron chi connectivity index (χ3n) is 5.98. The summed E-state index contributed by atoms with van der Waals surface area (Å²) >= 11 is 0. The van der Waals surface area contributed by atoms with Crippen LogP contribution >= 0.6 is 0 Å². The first-order valence-electron chi connectivity index (χ1n) is 11.9. The van der Waals surface area contributed by atoms with Gasteiger partial charge in [-0.05, 0) is 55.9 Å². The van der Waals surface area contributed by atoms with Crippen LogP contribution in [-0.2, 0) is 26.6 Å². The molecule has 34 heavy (non-hydrogen) atoms. The molecule has 0 amide bonds. The molecular weight excluding hydrogens is 452 g/mol. The van der Waals surface area contributed by atoms with E-state index in [4.69, 9.17) is 4.74 Å². The lowest BCUT2D eigenvalue weighted by Crippen LogP contribution is -2.41. The van der Waals surface area contributed by atoms with Gasteiger partial charge >= 0.3 is 5.97 Å². The second-order valence-electron chi connectivity index (χ2n) is 11.2. The van der Waals surface area contributed by atoms with Gasteiger partial charge in [-0.1, -0.05) is 52.9 Å². The Morgan fingerprint density at radius 3 is 2.32 bits per heavy atom.